The molecule has 0 aromatic heterocycles. The van der Waals surface area contributed by atoms with Gasteiger partial charge in [-0.15, -0.1) is 0 Å². The summed E-state index contributed by atoms with van der Waals surface area (Å²) in [5, 5.41) is 11.6. The third-order valence-electron chi connectivity index (χ3n) is 1.76. The highest BCUT2D eigenvalue weighted by Gasteiger charge is 1.99. The Morgan fingerprint density at radius 1 is 1.47 bits per heavy atom. The number of nitrogens with one attached hydrogen (secondary N) is 1. The van der Waals surface area contributed by atoms with Gasteiger partial charge >= 0.3 is 5.97 Å². The van der Waals surface area contributed by atoms with Crippen LogP contribution in [-0.4, -0.2) is 17.6 Å². The number of halogens is 2. The van der Waals surface area contributed by atoms with Crippen LogP contribution in [0, 0.1) is 5.82 Å². The fourth-order valence-corrected chi connectivity index (χ4v) is 1.35. The Balaban J connectivity index is 2.40. The number of carbonyl (C=O) groups is 1. The molecule has 0 saturated carbocycles. The summed E-state index contributed by atoms with van der Waals surface area (Å²) < 4.78 is 12.8. The van der Waals surface area contributed by atoms with E-state index < -0.39 is 11.8 Å². The van der Waals surface area contributed by atoms with Crippen LogP contribution in [-0.2, 0) is 4.79 Å². The van der Waals surface area contributed by atoms with Gasteiger partial charge in [-0.05, 0) is 24.6 Å². The summed E-state index contributed by atoms with van der Waals surface area (Å²) >= 11 is 5.64. The third kappa shape index (κ3) is 4.65. The molecule has 15 heavy (non-hydrogen) atoms. The molecule has 1 aromatic rings. The van der Waals surface area contributed by atoms with Crippen molar-refractivity contribution in [1.29, 1.82) is 0 Å². The molecule has 0 spiro atoms. The van der Waals surface area contributed by atoms with Crippen molar-refractivity contribution in [1.82, 2.24) is 0 Å². The quantitative estimate of drug-likeness (QED) is 0.766. The number of carboxylic acids is 1. The van der Waals surface area contributed by atoms with E-state index in [1.54, 1.807) is 6.07 Å². The zero-order chi connectivity index (χ0) is 11.3. The first-order chi connectivity index (χ1) is 7.08. The molecule has 82 valence electrons. The molecule has 0 aliphatic heterocycles. The van der Waals surface area contributed by atoms with Gasteiger partial charge in [0.2, 0.25) is 0 Å². The number of aliphatic carboxylic acids is 1. The standard InChI is InChI=1S/C10H11ClFNO2/c11-7-4-8(12)6-9(5-7)13-3-1-2-10(14)15/h4-6,13H,1-3H2,(H,14,15). The maximum absolute atomic E-state index is 12.8. The van der Waals surface area contributed by atoms with Crippen LogP contribution in [0.3, 0.4) is 0 Å². The number of hydrogen-bond acceptors (Lipinski definition) is 2. The molecule has 3 nitrogen and oxygen atoms in total. The fraction of sp³-hybridized carbons (Fsp3) is 0.300. The van der Waals surface area contributed by atoms with Gasteiger partial charge in [-0.1, -0.05) is 11.6 Å². The molecule has 0 radical (unpaired) electrons. The molecule has 0 amide bonds. The largest absolute Gasteiger partial charge is 0.481 e. The van der Waals surface area contributed by atoms with Gasteiger partial charge in [0.15, 0.2) is 0 Å². The Hall–Kier alpha value is -1.29. The van der Waals surface area contributed by atoms with Crippen LogP contribution in [0.4, 0.5) is 10.1 Å². The summed E-state index contributed by atoms with van der Waals surface area (Å²) in [6, 6.07) is 4.11. The Morgan fingerprint density at radius 2 is 2.20 bits per heavy atom. The molecule has 0 bridgehead atoms. The molecule has 0 saturated heterocycles. The van der Waals surface area contributed by atoms with Gasteiger partial charge in [0.25, 0.3) is 0 Å². The zero-order valence-electron chi connectivity index (χ0n) is 7.96. The average Bonchev–Trinajstić information content (AvgIpc) is 2.10. The number of carboxylic acid groups (broad SMARTS) is 1. The lowest BCUT2D eigenvalue weighted by Crippen LogP contribution is -2.04. The Labute approximate surface area is 91.9 Å². The van der Waals surface area contributed by atoms with Gasteiger partial charge in [0, 0.05) is 23.7 Å². The number of anilines is 1. The molecule has 0 atom stereocenters. The van der Waals surface area contributed by atoms with E-state index in [9.17, 15) is 9.18 Å². The molecular formula is C10H11ClFNO2. The predicted octanol–water partition coefficient (Wildman–Crippen LogP) is 2.76. The summed E-state index contributed by atoms with van der Waals surface area (Å²) in [6.07, 6.45) is 0.583. The summed E-state index contributed by atoms with van der Waals surface area (Å²) in [4.78, 5) is 10.2. The predicted molar refractivity (Wildman–Crippen MR) is 56.8 cm³/mol. The van der Waals surface area contributed by atoms with Crippen LogP contribution in [0.1, 0.15) is 12.8 Å². The first kappa shape index (κ1) is 11.8. The van der Waals surface area contributed by atoms with Crippen molar-refractivity contribution in [2.24, 2.45) is 0 Å². The highest BCUT2D eigenvalue weighted by Crippen LogP contribution is 2.17. The van der Waals surface area contributed by atoms with Crippen molar-refractivity contribution in [2.75, 3.05) is 11.9 Å². The Kier molecular flexibility index (Phi) is 4.37. The van der Waals surface area contributed by atoms with E-state index in [4.69, 9.17) is 16.7 Å². The van der Waals surface area contributed by atoms with Crippen LogP contribution >= 0.6 is 11.6 Å². The lowest BCUT2D eigenvalue weighted by molar-refractivity contribution is -0.137. The minimum atomic E-state index is -0.839. The first-order valence-electron chi connectivity index (χ1n) is 4.49. The summed E-state index contributed by atoms with van der Waals surface area (Å²) in [5.74, 6) is -1.25. The van der Waals surface area contributed by atoms with Crippen molar-refractivity contribution in [2.45, 2.75) is 12.8 Å². The molecule has 0 unspecified atom stereocenters. The Morgan fingerprint density at radius 3 is 2.80 bits per heavy atom. The molecule has 0 heterocycles. The van der Waals surface area contributed by atoms with E-state index in [1.807, 2.05) is 0 Å². The average molecular weight is 232 g/mol. The molecule has 2 N–H and O–H groups in total. The Bertz CT molecular complexity index is 337. The zero-order valence-corrected chi connectivity index (χ0v) is 8.72. The first-order valence-corrected chi connectivity index (χ1v) is 4.87. The fourth-order valence-electron chi connectivity index (χ4n) is 1.13. The minimum Gasteiger partial charge on any atom is -0.481 e. The maximum atomic E-state index is 12.8. The van der Waals surface area contributed by atoms with E-state index in [2.05, 4.69) is 5.32 Å². The van der Waals surface area contributed by atoms with Gasteiger partial charge in [0.05, 0.1) is 0 Å². The van der Waals surface area contributed by atoms with Crippen LogP contribution < -0.4 is 5.32 Å². The number of benzene rings is 1. The van der Waals surface area contributed by atoms with Crippen molar-refractivity contribution in [3.8, 4) is 0 Å². The lowest BCUT2D eigenvalue weighted by atomic mass is 10.2. The van der Waals surface area contributed by atoms with E-state index in [-0.39, 0.29) is 6.42 Å². The monoisotopic (exact) mass is 231 g/mol. The van der Waals surface area contributed by atoms with Crippen LogP contribution in [0.25, 0.3) is 0 Å². The molecule has 1 aromatic carbocycles. The molecule has 0 aliphatic carbocycles. The second kappa shape index (κ2) is 5.56. The van der Waals surface area contributed by atoms with Crippen LogP contribution in [0.15, 0.2) is 18.2 Å². The summed E-state index contributed by atoms with van der Waals surface area (Å²) in [7, 11) is 0. The summed E-state index contributed by atoms with van der Waals surface area (Å²) in [5.41, 5.74) is 0.561. The lowest BCUT2D eigenvalue weighted by Gasteiger charge is -2.05. The molecular weight excluding hydrogens is 221 g/mol. The van der Waals surface area contributed by atoms with E-state index in [1.165, 1.54) is 12.1 Å². The van der Waals surface area contributed by atoms with Gasteiger partial charge in [-0.3, -0.25) is 4.79 Å². The van der Waals surface area contributed by atoms with Crippen molar-refractivity contribution in [3.05, 3.63) is 29.0 Å². The normalized spacial score (nSPS) is 10.0. The summed E-state index contributed by atoms with van der Waals surface area (Å²) in [6.45, 7) is 0.478. The van der Waals surface area contributed by atoms with Gasteiger partial charge < -0.3 is 10.4 Å². The maximum Gasteiger partial charge on any atom is 0.303 e. The van der Waals surface area contributed by atoms with Gasteiger partial charge in [0.1, 0.15) is 5.82 Å². The molecule has 0 fully saturated rings. The van der Waals surface area contributed by atoms with Crippen molar-refractivity contribution < 1.29 is 14.3 Å². The number of rotatable bonds is 5. The van der Waals surface area contributed by atoms with Crippen molar-refractivity contribution in [3.63, 3.8) is 0 Å². The van der Waals surface area contributed by atoms with E-state index >= 15 is 0 Å². The molecule has 0 aliphatic rings. The topological polar surface area (TPSA) is 49.3 Å². The van der Waals surface area contributed by atoms with E-state index in [0.29, 0.717) is 23.7 Å². The number of hydrogen-bond donors (Lipinski definition) is 2. The second-order valence-corrected chi connectivity index (χ2v) is 3.52. The third-order valence-corrected chi connectivity index (χ3v) is 1.98. The smallest absolute Gasteiger partial charge is 0.303 e. The van der Waals surface area contributed by atoms with Crippen LogP contribution in [0.2, 0.25) is 5.02 Å². The highest BCUT2D eigenvalue weighted by molar-refractivity contribution is 6.30. The van der Waals surface area contributed by atoms with Crippen molar-refractivity contribution >= 4 is 23.3 Å². The van der Waals surface area contributed by atoms with Gasteiger partial charge in [-0.25, -0.2) is 4.39 Å². The highest BCUT2D eigenvalue weighted by atomic mass is 35.5. The second-order valence-electron chi connectivity index (χ2n) is 3.08. The molecule has 5 heteroatoms. The van der Waals surface area contributed by atoms with Gasteiger partial charge in [-0.2, -0.15) is 0 Å². The molecule has 1 rings (SSSR count). The van der Waals surface area contributed by atoms with E-state index in [0.717, 1.165) is 0 Å². The van der Waals surface area contributed by atoms with Crippen LogP contribution in [0.5, 0.6) is 0 Å². The minimum absolute atomic E-state index is 0.0933. The SMILES string of the molecule is O=C(O)CCCNc1cc(F)cc(Cl)c1.